The molecule has 0 saturated carbocycles. The maximum atomic E-state index is 8.84. The molecule has 0 amide bonds. The number of nitrogens with zero attached hydrogens (tertiary/aromatic N) is 1. The molecule has 0 bridgehead atoms. The summed E-state index contributed by atoms with van der Waals surface area (Å²) in [7, 11) is 0. The Kier molecular flexibility index (Phi) is 5.62. The second kappa shape index (κ2) is 6.78. The van der Waals surface area contributed by atoms with Gasteiger partial charge in [-0.3, -0.25) is 5.32 Å². The molecule has 4 nitrogen and oxygen atoms in total. The van der Waals surface area contributed by atoms with Crippen molar-refractivity contribution < 1.29 is 9.47 Å². The lowest BCUT2D eigenvalue weighted by Gasteiger charge is -2.16. The smallest absolute Gasteiger partial charge is 0.119 e. The van der Waals surface area contributed by atoms with E-state index in [0.29, 0.717) is 19.3 Å². The van der Waals surface area contributed by atoms with E-state index in [-0.39, 0.29) is 12.1 Å². The van der Waals surface area contributed by atoms with Gasteiger partial charge in [0.25, 0.3) is 0 Å². The fraction of sp³-hybridized carbons (Fsp3) is 0.909. The Balaban J connectivity index is 2.08. The fourth-order valence-corrected chi connectivity index (χ4v) is 1.62. The summed E-state index contributed by atoms with van der Waals surface area (Å²) in [5.74, 6) is 0. The Hall–Kier alpha value is -0.630. The zero-order chi connectivity index (χ0) is 11.1. The number of hydrogen-bond donors (Lipinski definition) is 1. The van der Waals surface area contributed by atoms with Gasteiger partial charge >= 0.3 is 0 Å². The summed E-state index contributed by atoms with van der Waals surface area (Å²) in [6.45, 7) is 5.93. The van der Waals surface area contributed by atoms with E-state index in [1.807, 2.05) is 13.8 Å². The van der Waals surface area contributed by atoms with Crippen LogP contribution in [0.4, 0.5) is 0 Å². The Bertz CT molecular complexity index is 207. The van der Waals surface area contributed by atoms with Gasteiger partial charge in [0.2, 0.25) is 0 Å². The van der Waals surface area contributed by atoms with Crippen LogP contribution >= 0.6 is 0 Å². The molecule has 0 radical (unpaired) electrons. The topological polar surface area (TPSA) is 54.3 Å². The molecular formula is C11H20N2O2. The minimum Gasteiger partial charge on any atom is -0.376 e. The van der Waals surface area contributed by atoms with Gasteiger partial charge in [-0.05, 0) is 26.7 Å². The van der Waals surface area contributed by atoms with E-state index < -0.39 is 0 Å². The average molecular weight is 212 g/mol. The van der Waals surface area contributed by atoms with Gasteiger partial charge in [-0.1, -0.05) is 0 Å². The molecule has 1 heterocycles. The second-order valence-electron chi connectivity index (χ2n) is 4.18. The number of nitrogens with one attached hydrogen (secondary N) is 1. The van der Waals surface area contributed by atoms with Gasteiger partial charge in [0.05, 0.1) is 25.4 Å². The zero-order valence-corrected chi connectivity index (χ0v) is 9.53. The molecule has 1 aliphatic heterocycles. The molecular weight excluding hydrogens is 192 g/mol. The van der Waals surface area contributed by atoms with Crippen LogP contribution in [0.2, 0.25) is 0 Å². The van der Waals surface area contributed by atoms with Crippen LogP contribution < -0.4 is 5.32 Å². The van der Waals surface area contributed by atoms with Crippen molar-refractivity contribution in [3.63, 3.8) is 0 Å². The Morgan fingerprint density at radius 3 is 2.93 bits per heavy atom. The molecule has 15 heavy (non-hydrogen) atoms. The molecule has 0 aromatic rings. The van der Waals surface area contributed by atoms with E-state index in [9.17, 15) is 0 Å². The maximum Gasteiger partial charge on any atom is 0.119 e. The van der Waals surface area contributed by atoms with Gasteiger partial charge in [0.15, 0.2) is 0 Å². The van der Waals surface area contributed by atoms with Crippen LogP contribution in [0.25, 0.3) is 0 Å². The van der Waals surface area contributed by atoms with Crippen LogP contribution in [0.15, 0.2) is 0 Å². The summed E-state index contributed by atoms with van der Waals surface area (Å²) in [6.07, 6.45) is 2.44. The number of nitriles is 1. The monoisotopic (exact) mass is 212 g/mol. The van der Waals surface area contributed by atoms with E-state index in [2.05, 4.69) is 11.4 Å². The van der Waals surface area contributed by atoms with Crippen LogP contribution in [-0.2, 0) is 9.47 Å². The van der Waals surface area contributed by atoms with Crippen molar-refractivity contribution in [3.05, 3.63) is 0 Å². The molecule has 0 aromatic heterocycles. The van der Waals surface area contributed by atoms with Crippen molar-refractivity contribution >= 4 is 0 Å². The summed E-state index contributed by atoms with van der Waals surface area (Å²) < 4.78 is 10.9. The quantitative estimate of drug-likeness (QED) is 0.715. The average Bonchev–Trinajstić information content (AvgIpc) is 2.68. The van der Waals surface area contributed by atoms with E-state index in [1.165, 1.54) is 0 Å². The maximum absolute atomic E-state index is 8.84. The molecule has 2 unspecified atom stereocenters. The van der Waals surface area contributed by atoms with Gasteiger partial charge < -0.3 is 9.47 Å². The highest BCUT2D eigenvalue weighted by Crippen LogP contribution is 2.11. The molecule has 0 aromatic carbocycles. The van der Waals surface area contributed by atoms with Crippen molar-refractivity contribution in [3.8, 4) is 6.07 Å². The normalized spacial score (nSPS) is 22.9. The molecule has 1 fully saturated rings. The molecule has 86 valence electrons. The van der Waals surface area contributed by atoms with Crippen LogP contribution in [0.1, 0.15) is 26.7 Å². The third-order valence-electron chi connectivity index (χ3n) is 2.30. The molecule has 1 aliphatic rings. The van der Waals surface area contributed by atoms with Gasteiger partial charge in [-0.25, -0.2) is 0 Å². The predicted molar refractivity (Wildman–Crippen MR) is 57.5 cm³/mol. The zero-order valence-electron chi connectivity index (χ0n) is 9.53. The fourth-order valence-electron chi connectivity index (χ4n) is 1.62. The van der Waals surface area contributed by atoms with E-state index in [0.717, 1.165) is 19.4 Å². The minimum atomic E-state index is -0.216. The van der Waals surface area contributed by atoms with E-state index in [4.69, 9.17) is 14.7 Å². The van der Waals surface area contributed by atoms with Gasteiger partial charge in [-0.2, -0.15) is 5.26 Å². The Morgan fingerprint density at radius 1 is 1.60 bits per heavy atom. The lowest BCUT2D eigenvalue weighted by molar-refractivity contribution is 0.0136. The largest absolute Gasteiger partial charge is 0.376 e. The molecule has 0 spiro atoms. The van der Waals surface area contributed by atoms with Gasteiger partial charge in [0.1, 0.15) is 6.04 Å². The Labute approximate surface area is 91.6 Å². The number of rotatable bonds is 6. The van der Waals surface area contributed by atoms with Crippen molar-refractivity contribution in [2.45, 2.75) is 44.9 Å². The molecule has 1 rings (SSSR count). The highest BCUT2D eigenvalue weighted by atomic mass is 16.5. The number of hydrogen-bond acceptors (Lipinski definition) is 4. The van der Waals surface area contributed by atoms with Gasteiger partial charge in [0, 0.05) is 12.6 Å². The van der Waals surface area contributed by atoms with Crippen LogP contribution in [-0.4, -0.2) is 38.0 Å². The first-order valence-corrected chi connectivity index (χ1v) is 5.57. The molecule has 1 N–H and O–H groups in total. The third-order valence-corrected chi connectivity index (χ3v) is 2.30. The minimum absolute atomic E-state index is 0.216. The standard InChI is InChI=1S/C11H20N2O2/c1-9(2)13-10(6-12)7-14-8-11-4-3-5-15-11/h9-11,13H,3-5,7-8H2,1-2H3. The molecule has 4 heteroatoms. The van der Waals surface area contributed by atoms with Crippen molar-refractivity contribution in [2.75, 3.05) is 19.8 Å². The Morgan fingerprint density at radius 2 is 2.40 bits per heavy atom. The second-order valence-corrected chi connectivity index (χ2v) is 4.18. The van der Waals surface area contributed by atoms with Crippen molar-refractivity contribution in [2.24, 2.45) is 0 Å². The summed E-state index contributed by atoms with van der Waals surface area (Å²) >= 11 is 0. The van der Waals surface area contributed by atoms with Crippen molar-refractivity contribution in [1.82, 2.24) is 5.32 Å². The van der Waals surface area contributed by atoms with Gasteiger partial charge in [-0.15, -0.1) is 0 Å². The predicted octanol–water partition coefficient (Wildman–Crippen LogP) is 1.07. The lowest BCUT2D eigenvalue weighted by atomic mass is 10.2. The lowest BCUT2D eigenvalue weighted by Crippen LogP contribution is -2.37. The van der Waals surface area contributed by atoms with Crippen LogP contribution in [0, 0.1) is 11.3 Å². The highest BCUT2D eigenvalue weighted by Gasteiger charge is 2.16. The molecule has 0 aliphatic carbocycles. The summed E-state index contributed by atoms with van der Waals surface area (Å²) in [6, 6.07) is 2.27. The third kappa shape index (κ3) is 5.12. The van der Waals surface area contributed by atoms with E-state index in [1.54, 1.807) is 0 Å². The van der Waals surface area contributed by atoms with Crippen LogP contribution in [0.5, 0.6) is 0 Å². The summed E-state index contributed by atoms with van der Waals surface area (Å²) in [5.41, 5.74) is 0. The SMILES string of the molecule is CC(C)NC(C#N)COCC1CCCO1. The number of ether oxygens (including phenoxy) is 2. The molecule has 1 saturated heterocycles. The van der Waals surface area contributed by atoms with Crippen molar-refractivity contribution in [1.29, 1.82) is 5.26 Å². The highest BCUT2D eigenvalue weighted by molar-refractivity contribution is 4.90. The first-order valence-electron chi connectivity index (χ1n) is 5.57. The summed E-state index contributed by atoms with van der Waals surface area (Å²) in [4.78, 5) is 0. The molecule has 2 atom stereocenters. The van der Waals surface area contributed by atoms with E-state index >= 15 is 0 Å². The van der Waals surface area contributed by atoms with Crippen LogP contribution in [0.3, 0.4) is 0 Å². The summed E-state index contributed by atoms with van der Waals surface area (Å²) in [5, 5.41) is 12.0. The first kappa shape index (κ1) is 12.4. The first-order chi connectivity index (χ1) is 7.22.